The van der Waals surface area contributed by atoms with Gasteiger partial charge in [0.05, 0.1) is 13.2 Å². The van der Waals surface area contributed by atoms with Gasteiger partial charge in [-0.3, -0.25) is 4.90 Å². The second kappa shape index (κ2) is 8.89. The summed E-state index contributed by atoms with van der Waals surface area (Å²) in [5.41, 5.74) is 2.09. The molecule has 23 heavy (non-hydrogen) atoms. The Hall–Kier alpha value is -1.59. The molecule has 0 radical (unpaired) electrons. The van der Waals surface area contributed by atoms with Gasteiger partial charge < -0.3 is 15.4 Å². The molecule has 1 fully saturated rings. The zero-order chi connectivity index (χ0) is 16.7. The maximum atomic E-state index is 11.8. The molecule has 1 aromatic rings. The van der Waals surface area contributed by atoms with Gasteiger partial charge in [-0.05, 0) is 37.0 Å². The van der Waals surface area contributed by atoms with Crippen molar-refractivity contribution in [3.63, 3.8) is 0 Å². The fourth-order valence-electron chi connectivity index (χ4n) is 2.67. The van der Waals surface area contributed by atoms with Crippen LogP contribution in [-0.4, -0.2) is 43.8 Å². The number of rotatable bonds is 6. The SMILES string of the molecule is CC(C)CCNC(=O)Nc1ccc(C(C)N2CCOCC2)cc1. The van der Waals surface area contributed by atoms with Crippen LogP contribution in [0.1, 0.15) is 38.8 Å². The van der Waals surface area contributed by atoms with E-state index in [9.17, 15) is 4.79 Å². The predicted octanol–water partition coefficient (Wildman–Crippen LogP) is 3.25. The van der Waals surface area contributed by atoms with Gasteiger partial charge >= 0.3 is 6.03 Å². The Kier molecular flexibility index (Phi) is 6.86. The molecule has 1 unspecified atom stereocenters. The number of anilines is 1. The average molecular weight is 319 g/mol. The van der Waals surface area contributed by atoms with Crippen LogP contribution in [0.15, 0.2) is 24.3 Å². The minimum Gasteiger partial charge on any atom is -0.379 e. The molecule has 0 bridgehead atoms. The van der Waals surface area contributed by atoms with Crippen molar-refractivity contribution in [2.45, 2.75) is 33.2 Å². The average Bonchev–Trinajstić information content (AvgIpc) is 2.55. The molecule has 5 heteroatoms. The molecular weight excluding hydrogens is 290 g/mol. The van der Waals surface area contributed by atoms with Crippen molar-refractivity contribution < 1.29 is 9.53 Å². The lowest BCUT2D eigenvalue weighted by molar-refractivity contribution is 0.0198. The van der Waals surface area contributed by atoms with E-state index >= 15 is 0 Å². The number of carbonyl (C=O) groups excluding carboxylic acids is 1. The molecular formula is C18H29N3O2. The molecule has 1 atom stereocenters. The van der Waals surface area contributed by atoms with Gasteiger partial charge in [0.2, 0.25) is 0 Å². The Bertz CT molecular complexity index is 482. The summed E-state index contributed by atoms with van der Waals surface area (Å²) in [6, 6.07) is 8.34. The van der Waals surface area contributed by atoms with Crippen LogP contribution in [0.25, 0.3) is 0 Å². The highest BCUT2D eigenvalue weighted by molar-refractivity contribution is 5.89. The van der Waals surface area contributed by atoms with Crippen molar-refractivity contribution in [2.24, 2.45) is 5.92 Å². The predicted molar refractivity (Wildman–Crippen MR) is 93.7 cm³/mol. The minimum absolute atomic E-state index is 0.139. The Morgan fingerprint density at radius 2 is 1.83 bits per heavy atom. The largest absolute Gasteiger partial charge is 0.379 e. The number of hydrogen-bond donors (Lipinski definition) is 2. The van der Waals surface area contributed by atoms with Crippen molar-refractivity contribution in [2.75, 3.05) is 38.2 Å². The summed E-state index contributed by atoms with van der Waals surface area (Å²) >= 11 is 0. The number of benzene rings is 1. The molecule has 5 nitrogen and oxygen atoms in total. The molecule has 2 N–H and O–H groups in total. The Balaban J connectivity index is 1.82. The third-order valence-electron chi connectivity index (χ3n) is 4.25. The number of nitrogens with zero attached hydrogens (tertiary/aromatic N) is 1. The second-order valence-corrected chi connectivity index (χ2v) is 6.51. The summed E-state index contributed by atoms with van der Waals surface area (Å²) in [6.45, 7) is 10.8. The summed E-state index contributed by atoms with van der Waals surface area (Å²) in [5, 5.41) is 5.76. The first-order valence-corrected chi connectivity index (χ1v) is 8.53. The summed E-state index contributed by atoms with van der Waals surface area (Å²) < 4.78 is 5.40. The molecule has 0 aromatic heterocycles. The quantitative estimate of drug-likeness (QED) is 0.846. The second-order valence-electron chi connectivity index (χ2n) is 6.51. The van der Waals surface area contributed by atoms with Gasteiger partial charge in [-0.25, -0.2) is 4.79 Å². The van der Waals surface area contributed by atoms with Gasteiger partial charge in [0.1, 0.15) is 0 Å². The molecule has 0 aliphatic carbocycles. The van der Waals surface area contributed by atoms with Crippen LogP contribution in [0.5, 0.6) is 0 Å². The van der Waals surface area contributed by atoms with Gasteiger partial charge in [0.15, 0.2) is 0 Å². The van der Waals surface area contributed by atoms with Crippen LogP contribution < -0.4 is 10.6 Å². The molecule has 1 aliphatic rings. The molecule has 0 saturated carbocycles. The molecule has 128 valence electrons. The maximum Gasteiger partial charge on any atom is 0.319 e. The molecule has 2 rings (SSSR count). The third-order valence-corrected chi connectivity index (χ3v) is 4.25. The zero-order valence-corrected chi connectivity index (χ0v) is 14.5. The molecule has 1 heterocycles. The fourth-order valence-corrected chi connectivity index (χ4v) is 2.67. The van der Waals surface area contributed by atoms with Crippen molar-refractivity contribution in [1.82, 2.24) is 10.2 Å². The summed E-state index contributed by atoms with van der Waals surface area (Å²) in [7, 11) is 0. The Morgan fingerprint density at radius 1 is 1.17 bits per heavy atom. The number of hydrogen-bond acceptors (Lipinski definition) is 3. The van der Waals surface area contributed by atoms with E-state index in [1.54, 1.807) is 0 Å². The topological polar surface area (TPSA) is 53.6 Å². The first-order valence-electron chi connectivity index (χ1n) is 8.53. The zero-order valence-electron chi connectivity index (χ0n) is 14.5. The molecule has 1 aliphatic heterocycles. The lowest BCUT2D eigenvalue weighted by atomic mass is 10.1. The van der Waals surface area contributed by atoms with Gasteiger partial charge in [0, 0.05) is 31.4 Å². The van der Waals surface area contributed by atoms with Gasteiger partial charge in [-0.1, -0.05) is 26.0 Å². The van der Waals surface area contributed by atoms with Crippen molar-refractivity contribution >= 4 is 11.7 Å². The smallest absolute Gasteiger partial charge is 0.319 e. The standard InChI is InChI=1S/C18H29N3O2/c1-14(2)8-9-19-18(22)20-17-6-4-16(5-7-17)15(3)21-10-12-23-13-11-21/h4-7,14-15H,8-13H2,1-3H3,(H2,19,20,22). The molecule has 1 saturated heterocycles. The summed E-state index contributed by atoms with van der Waals surface area (Å²) in [4.78, 5) is 14.2. The number of morpholine rings is 1. The van der Waals surface area contributed by atoms with E-state index < -0.39 is 0 Å². The Labute approximate surface area is 139 Å². The number of urea groups is 1. The normalized spacial score (nSPS) is 17.0. The highest BCUT2D eigenvalue weighted by Crippen LogP contribution is 2.22. The van der Waals surface area contributed by atoms with Crippen LogP contribution in [0, 0.1) is 5.92 Å². The van der Waals surface area contributed by atoms with E-state index in [0.29, 0.717) is 18.5 Å². The minimum atomic E-state index is -0.139. The molecule has 2 amide bonds. The maximum absolute atomic E-state index is 11.8. The van der Waals surface area contributed by atoms with Crippen LogP contribution in [0.3, 0.4) is 0 Å². The summed E-state index contributed by atoms with van der Waals surface area (Å²) in [5.74, 6) is 0.594. The van der Waals surface area contributed by atoms with E-state index in [-0.39, 0.29) is 6.03 Å². The van der Waals surface area contributed by atoms with Crippen molar-refractivity contribution in [3.8, 4) is 0 Å². The highest BCUT2D eigenvalue weighted by atomic mass is 16.5. The van der Waals surface area contributed by atoms with E-state index in [4.69, 9.17) is 4.74 Å². The van der Waals surface area contributed by atoms with E-state index in [0.717, 1.165) is 38.4 Å². The van der Waals surface area contributed by atoms with E-state index in [1.165, 1.54) is 5.56 Å². The number of amides is 2. The van der Waals surface area contributed by atoms with Crippen LogP contribution >= 0.6 is 0 Å². The summed E-state index contributed by atoms with van der Waals surface area (Å²) in [6.07, 6.45) is 0.990. The first kappa shape index (κ1) is 17.8. The van der Waals surface area contributed by atoms with Crippen molar-refractivity contribution in [1.29, 1.82) is 0 Å². The number of carbonyl (C=O) groups is 1. The number of ether oxygens (including phenoxy) is 1. The van der Waals surface area contributed by atoms with Gasteiger partial charge in [0.25, 0.3) is 0 Å². The first-order chi connectivity index (χ1) is 11.1. The van der Waals surface area contributed by atoms with Crippen molar-refractivity contribution in [3.05, 3.63) is 29.8 Å². The lowest BCUT2D eigenvalue weighted by Gasteiger charge is -2.32. The number of nitrogens with one attached hydrogen (secondary N) is 2. The van der Waals surface area contributed by atoms with E-state index in [1.807, 2.05) is 12.1 Å². The Morgan fingerprint density at radius 3 is 2.43 bits per heavy atom. The van der Waals surface area contributed by atoms with E-state index in [2.05, 4.69) is 48.4 Å². The van der Waals surface area contributed by atoms with Crippen LogP contribution in [0.4, 0.5) is 10.5 Å². The lowest BCUT2D eigenvalue weighted by Crippen LogP contribution is -2.38. The van der Waals surface area contributed by atoms with Gasteiger partial charge in [-0.15, -0.1) is 0 Å². The highest BCUT2D eigenvalue weighted by Gasteiger charge is 2.18. The van der Waals surface area contributed by atoms with Crippen LogP contribution in [0.2, 0.25) is 0 Å². The third kappa shape index (κ3) is 5.84. The van der Waals surface area contributed by atoms with Crippen LogP contribution in [-0.2, 0) is 4.74 Å². The molecule has 1 aromatic carbocycles. The monoisotopic (exact) mass is 319 g/mol. The fraction of sp³-hybridized carbons (Fsp3) is 0.611. The van der Waals surface area contributed by atoms with Gasteiger partial charge in [-0.2, -0.15) is 0 Å². The molecule has 0 spiro atoms.